The first-order chi connectivity index (χ1) is 11.6. The minimum atomic E-state index is -0.448. The molecule has 0 radical (unpaired) electrons. The number of methoxy groups -OCH3 is 1. The van der Waals surface area contributed by atoms with E-state index in [1.165, 1.54) is 12.3 Å². The van der Waals surface area contributed by atoms with Crippen molar-refractivity contribution in [2.75, 3.05) is 12.4 Å². The normalized spacial score (nSPS) is 12.0. The van der Waals surface area contributed by atoms with Crippen molar-refractivity contribution in [3.63, 3.8) is 0 Å². The predicted molar refractivity (Wildman–Crippen MR) is 92.8 cm³/mol. The fraction of sp³-hybridized carbons (Fsp3) is 0.222. The molecule has 1 atom stereocenters. The molecule has 2 N–H and O–H groups in total. The highest BCUT2D eigenvalue weighted by Gasteiger charge is 2.15. The topological polar surface area (TPSA) is 62.7 Å². The standard InChI is InChI=1S/C18H20FN3O2/c1-3-17(21-14-8-10-15(24-2)11-9-14)18(23)22-20-12-13-6-4-5-7-16(13)19/h4-12,17,21H,3H2,1-2H3,(H,22,23)/b20-12-. The number of nitrogens with zero attached hydrogens (tertiary/aromatic N) is 1. The van der Waals surface area contributed by atoms with Gasteiger partial charge in [0.1, 0.15) is 17.6 Å². The molecule has 0 aromatic heterocycles. The summed E-state index contributed by atoms with van der Waals surface area (Å²) in [7, 11) is 1.60. The average Bonchev–Trinajstić information content (AvgIpc) is 2.61. The summed E-state index contributed by atoms with van der Waals surface area (Å²) in [5.74, 6) is 0.0624. The molecule has 0 saturated carbocycles. The summed E-state index contributed by atoms with van der Waals surface area (Å²) in [5.41, 5.74) is 3.54. The van der Waals surface area contributed by atoms with Gasteiger partial charge in [0, 0.05) is 11.3 Å². The largest absolute Gasteiger partial charge is 0.497 e. The Morgan fingerprint density at radius 1 is 1.25 bits per heavy atom. The summed E-state index contributed by atoms with van der Waals surface area (Å²) in [6.45, 7) is 1.89. The van der Waals surface area contributed by atoms with Gasteiger partial charge in [-0.25, -0.2) is 9.82 Å². The number of rotatable bonds is 7. The fourth-order valence-corrected chi connectivity index (χ4v) is 2.06. The van der Waals surface area contributed by atoms with Crippen molar-refractivity contribution >= 4 is 17.8 Å². The Balaban J connectivity index is 1.94. The zero-order valence-electron chi connectivity index (χ0n) is 13.6. The Labute approximate surface area is 140 Å². The maximum atomic E-state index is 13.5. The molecule has 2 aromatic rings. The number of halogens is 1. The SMILES string of the molecule is CCC(Nc1ccc(OC)cc1)C(=O)N/N=C\c1ccccc1F. The van der Waals surface area contributed by atoms with Gasteiger partial charge >= 0.3 is 0 Å². The first kappa shape index (κ1) is 17.5. The smallest absolute Gasteiger partial charge is 0.262 e. The molecule has 0 aliphatic rings. The molecule has 0 saturated heterocycles. The van der Waals surface area contributed by atoms with E-state index < -0.39 is 6.04 Å². The third-order valence-electron chi connectivity index (χ3n) is 3.44. The van der Waals surface area contributed by atoms with Crippen LogP contribution in [-0.4, -0.2) is 25.3 Å². The van der Waals surface area contributed by atoms with Crippen molar-refractivity contribution < 1.29 is 13.9 Å². The van der Waals surface area contributed by atoms with Crippen molar-refractivity contribution in [1.29, 1.82) is 0 Å². The van der Waals surface area contributed by atoms with Crippen LogP contribution in [0.5, 0.6) is 5.75 Å². The van der Waals surface area contributed by atoms with Crippen LogP contribution in [0, 0.1) is 5.82 Å². The number of benzene rings is 2. The Kier molecular flexibility index (Phi) is 6.31. The minimum absolute atomic E-state index is 0.291. The maximum absolute atomic E-state index is 13.5. The summed E-state index contributed by atoms with van der Waals surface area (Å²) in [5, 5.41) is 6.94. The van der Waals surface area contributed by atoms with E-state index >= 15 is 0 Å². The molecule has 0 aliphatic carbocycles. The first-order valence-electron chi connectivity index (χ1n) is 7.62. The van der Waals surface area contributed by atoms with Crippen molar-refractivity contribution in [1.82, 2.24) is 5.43 Å². The van der Waals surface area contributed by atoms with Gasteiger partial charge in [-0.2, -0.15) is 5.10 Å². The molecule has 2 aromatic carbocycles. The van der Waals surface area contributed by atoms with Crippen molar-refractivity contribution in [3.05, 3.63) is 59.9 Å². The molecule has 0 fully saturated rings. The van der Waals surface area contributed by atoms with Crippen LogP contribution in [0.3, 0.4) is 0 Å². The van der Waals surface area contributed by atoms with Gasteiger partial charge in [-0.15, -0.1) is 0 Å². The summed E-state index contributed by atoms with van der Waals surface area (Å²) in [6, 6.07) is 13.0. The molecule has 24 heavy (non-hydrogen) atoms. The minimum Gasteiger partial charge on any atom is -0.497 e. The van der Waals surface area contributed by atoms with E-state index in [0.717, 1.165) is 11.4 Å². The molecule has 2 rings (SSSR count). The molecule has 0 aliphatic heterocycles. The van der Waals surface area contributed by atoms with Crippen molar-refractivity contribution in [3.8, 4) is 5.75 Å². The highest BCUT2D eigenvalue weighted by molar-refractivity contribution is 5.86. The van der Waals surface area contributed by atoms with Gasteiger partial charge in [-0.3, -0.25) is 4.79 Å². The van der Waals surface area contributed by atoms with Gasteiger partial charge in [0.25, 0.3) is 5.91 Å². The number of anilines is 1. The Morgan fingerprint density at radius 3 is 2.58 bits per heavy atom. The molecule has 0 spiro atoms. The van der Waals surface area contributed by atoms with Crippen molar-refractivity contribution in [2.24, 2.45) is 5.10 Å². The Bertz CT molecular complexity index is 702. The number of hydrogen-bond donors (Lipinski definition) is 2. The zero-order chi connectivity index (χ0) is 17.4. The second-order valence-electron chi connectivity index (χ2n) is 5.09. The Hall–Kier alpha value is -2.89. The van der Waals surface area contributed by atoms with E-state index in [1.54, 1.807) is 25.3 Å². The van der Waals surface area contributed by atoms with Crippen LogP contribution in [0.4, 0.5) is 10.1 Å². The van der Waals surface area contributed by atoms with Crippen LogP contribution in [0.25, 0.3) is 0 Å². The fourth-order valence-electron chi connectivity index (χ4n) is 2.06. The molecule has 1 unspecified atom stereocenters. The van der Waals surface area contributed by atoms with E-state index in [0.29, 0.717) is 12.0 Å². The average molecular weight is 329 g/mol. The molecule has 6 heteroatoms. The summed E-state index contributed by atoms with van der Waals surface area (Å²) >= 11 is 0. The third-order valence-corrected chi connectivity index (χ3v) is 3.44. The third kappa shape index (κ3) is 4.81. The van der Waals surface area contributed by atoms with Crippen LogP contribution >= 0.6 is 0 Å². The number of nitrogens with one attached hydrogen (secondary N) is 2. The van der Waals surface area contributed by atoms with Gasteiger partial charge in [-0.05, 0) is 36.8 Å². The van der Waals surface area contributed by atoms with Gasteiger partial charge < -0.3 is 10.1 Å². The number of amides is 1. The maximum Gasteiger partial charge on any atom is 0.262 e. The van der Waals surface area contributed by atoms with Gasteiger partial charge in [0.05, 0.1) is 13.3 Å². The van der Waals surface area contributed by atoms with Gasteiger partial charge in [-0.1, -0.05) is 25.1 Å². The molecule has 0 heterocycles. The van der Waals surface area contributed by atoms with Crippen LogP contribution in [0.2, 0.25) is 0 Å². The van der Waals surface area contributed by atoms with E-state index in [4.69, 9.17) is 4.74 Å². The van der Waals surface area contributed by atoms with E-state index in [9.17, 15) is 9.18 Å². The second-order valence-corrected chi connectivity index (χ2v) is 5.09. The Morgan fingerprint density at radius 2 is 1.96 bits per heavy atom. The van der Waals surface area contributed by atoms with Crippen LogP contribution in [0.15, 0.2) is 53.6 Å². The van der Waals surface area contributed by atoms with Crippen LogP contribution in [-0.2, 0) is 4.79 Å². The molecule has 0 bridgehead atoms. The highest BCUT2D eigenvalue weighted by Crippen LogP contribution is 2.16. The van der Waals surface area contributed by atoms with Gasteiger partial charge in [0.2, 0.25) is 0 Å². The molecule has 1 amide bonds. The first-order valence-corrected chi connectivity index (χ1v) is 7.62. The lowest BCUT2D eigenvalue weighted by molar-refractivity contribution is -0.121. The summed E-state index contributed by atoms with van der Waals surface area (Å²) in [6.07, 6.45) is 1.86. The second kappa shape index (κ2) is 8.67. The highest BCUT2D eigenvalue weighted by atomic mass is 19.1. The quantitative estimate of drug-likeness (QED) is 0.606. The number of hydrazone groups is 1. The molecule has 126 valence electrons. The lowest BCUT2D eigenvalue weighted by Crippen LogP contribution is -2.36. The summed E-state index contributed by atoms with van der Waals surface area (Å²) < 4.78 is 18.6. The van der Waals surface area contributed by atoms with Crippen LogP contribution < -0.4 is 15.5 Å². The number of carbonyl (C=O) groups is 1. The van der Waals surface area contributed by atoms with E-state index in [1.807, 2.05) is 31.2 Å². The number of carbonyl (C=O) groups excluding carboxylic acids is 1. The monoisotopic (exact) mass is 329 g/mol. The number of hydrogen-bond acceptors (Lipinski definition) is 4. The zero-order valence-corrected chi connectivity index (χ0v) is 13.6. The molecular formula is C18H20FN3O2. The number of ether oxygens (including phenoxy) is 1. The lowest BCUT2D eigenvalue weighted by atomic mass is 10.2. The van der Waals surface area contributed by atoms with Crippen molar-refractivity contribution in [2.45, 2.75) is 19.4 Å². The van der Waals surface area contributed by atoms with E-state index in [-0.39, 0.29) is 11.7 Å². The lowest BCUT2D eigenvalue weighted by Gasteiger charge is -2.16. The molecule has 5 nitrogen and oxygen atoms in total. The van der Waals surface area contributed by atoms with Gasteiger partial charge in [0.15, 0.2) is 0 Å². The predicted octanol–water partition coefficient (Wildman–Crippen LogP) is 3.18. The molecular weight excluding hydrogens is 309 g/mol. The summed E-state index contributed by atoms with van der Waals surface area (Å²) in [4.78, 5) is 12.2. The van der Waals surface area contributed by atoms with Crippen LogP contribution in [0.1, 0.15) is 18.9 Å². The van der Waals surface area contributed by atoms with E-state index in [2.05, 4.69) is 15.8 Å².